The normalized spacial score (nSPS) is 10.2. The molecule has 1 aromatic rings. The Morgan fingerprint density at radius 1 is 1.12 bits per heavy atom. The van der Waals surface area contributed by atoms with E-state index in [1.165, 1.54) is 5.56 Å². The Morgan fingerprint density at radius 2 is 1.94 bits per heavy atom. The molecule has 1 rings (SSSR count). The maximum atomic E-state index is 5.70. The van der Waals surface area contributed by atoms with Gasteiger partial charge in [-0.15, -0.1) is 0 Å². The number of benzene rings is 1. The van der Waals surface area contributed by atoms with Crippen LogP contribution < -0.4 is 9.47 Å². The third-order valence-electron chi connectivity index (χ3n) is 2.33. The molecule has 16 heavy (non-hydrogen) atoms. The van der Waals surface area contributed by atoms with Crippen molar-refractivity contribution >= 4 is 0 Å². The van der Waals surface area contributed by atoms with Gasteiger partial charge in [0.1, 0.15) is 6.61 Å². The predicted molar refractivity (Wildman–Crippen MR) is 64.4 cm³/mol. The highest BCUT2D eigenvalue weighted by Crippen LogP contribution is 2.31. The summed E-state index contributed by atoms with van der Waals surface area (Å²) >= 11 is 0. The van der Waals surface area contributed by atoms with E-state index in [1.807, 2.05) is 12.1 Å². The van der Waals surface area contributed by atoms with Crippen LogP contribution in [0.15, 0.2) is 18.2 Å². The smallest absolute Gasteiger partial charge is 0.164 e. The summed E-state index contributed by atoms with van der Waals surface area (Å²) in [5.74, 6) is 1.64. The van der Waals surface area contributed by atoms with Crippen LogP contribution in [0.5, 0.6) is 11.5 Å². The summed E-state index contributed by atoms with van der Waals surface area (Å²) in [7, 11) is 3.33. The number of rotatable bonds is 7. The van der Waals surface area contributed by atoms with Crippen LogP contribution in [-0.2, 0) is 11.2 Å². The summed E-state index contributed by atoms with van der Waals surface area (Å²) in [6.07, 6.45) is 2.09. The van der Waals surface area contributed by atoms with Crippen LogP contribution in [0.4, 0.5) is 0 Å². The lowest BCUT2D eigenvalue weighted by Gasteiger charge is -2.14. The van der Waals surface area contributed by atoms with E-state index in [2.05, 4.69) is 13.0 Å². The van der Waals surface area contributed by atoms with Gasteiger partial charge in [-0.2, -0.15) is 0 Å². The number of para-hydroxylation sites is 1. The number of aryl methyl sites for hydroxylation is 1. The van der Waals surface area contributed by atoms with Crippen molar-refractivity contribution in [3.8, 4) is 11.5 Å². The Morgan fingerprint density at radius 3 is 2.56 bits per heavy atom. The molecule has 0 radical (unpaired) electrons. The Kier molecular flexibility index (Phi) is 5.72. The molecular weight excluding hydrogens is 204 g/mol. The van der Waals surface area contributed by atoms with Gasteiger partial charge < -0.3 is 14.2 Å². The van der Waals surface area contributed by atoms with Crippen molar-refractivity contribution in [1.82, 2.24) is 0 Å². The summed E-state index contributed by atoms with van der Waals surface area (Å²) in [5.41, 5.74) is 1.19. The van der Waals surface area contributed by atoms with Gasteiger partial charge in [0.2, 0.25) is 0 Å². The van der Waals surface area contributed by atoms with E-state index >= 15 is 0 Å². The summed E-state index contributed by atoms with van der Waals surface area (Å²) in [6.45, 7) is 3.29. The van der Waals surface area contributed by atoms with Gasteiger partial charge in [0.15, 0.2) is 11.5 Å². The lowest BCUT2D eigenvalue weighted by Crippen LogP contribution is -2.07. The maximum Gasteiger partial charge on any atom is 0.164 e. The largest absolute Gasteiger partial charge is 0.493 e. The van der Waals surface area contributed by atoms with E-state index in [1.54, 1.807) is 14.2 Å². The molecule has 0 saturated carbocycles. The highest BCUT2D eigenvalue weighted by atomic mass is 16.5. The minimum absolute atomic E-state index is 0.549. The second-order valence-corrected chi connectivity index (χ2v) is 3.54. The molecule has 0 unspecified atom stereocenters. The van der Waals surface area contributed by atoms with Gasteiger partial charge in [0.05, 0.1) is 13.7 Å². The van der Waals surface area contributed by atoms with E-state index in [-0.39, 0.29) is 0 Å². The molecule has 0 atom stereocenters. The van der Waals surface area contributed by atoms with Gasteiger partial charge in [-0.25, -0.2) is 0 Å². The minimum Gasteiger partial charge on any atom is -0.493 e. The first kappa shape index (κ1) is 12.8. The zero-order valence-corrected chi connectivity index (χ0v) is 10.3. The second-order valence-electron chi connectivity index (χ2n) is 3.54. The molecule has 1 aromatic carbocycles. The Bertz CT molecular complexity index is 310. The molecule has 0 fully saturated rings. The summed E-state index contributed by atoms with van der Waals surface area (Å²) in [6, 6.07) is 5.99. The fraction of sp³-hybridized carbons (Fsp3) is 0.538. The standard InChI is InChI=1S/C13H20O3/c1-4-6-11-7-5-8-12(15-3)13(11)16-10-9-14-2/h5,7-8H,4,6,9-10H2,1-3H3. The first-order chi connectivity index (χ1) is 7.83. The predicted octanol–water partition coefficient (Wildman–Crippen LogP) is 2.67. The Hall–Kier alpha value is -1.22. The van der Waals surface area contributed by atoms with Crippen molar-refractivity contribution in [2.75, 3.05) is 27.4 Å². The first-order valence-electron chi connectivity index (χ1n) is 5.61. The van der Waals surface area contributed by atoms with Crippen molar-refractivity contribution in [3.63, 3.8) is 0 Å². The van der Waals surface area contributed by atoms with E-state index in [0.29, 0.717) is 13.2 Å². The molecule has 0 bridgehead atoms. The lowest BCUT2D eigenvalue weighted by molar-refractivity contribution is 0.143. The molecule has 0 saturated heterocycles. The van der Waals surface area contributed by atoms with Gasteiger partial charge in [-0.05, 0) is 18.1 Å². The number of hydrogen-bond donors (Lipinski definition) is 0. The molecule has 0 aliphatic carbocycles. The summed E-state index contributed by atoms with van der Waals surface area (Å²) in [5, 5.41) is 0. The second kappa shape index (κ2) is 7.12. The van der Waals surface area contributed by atoms with Gasteiger partial charge >= 0.3 is 0 Å². The third kappa shape index (κ3) is 3.42. The quantitative estimate of drug-likeness (QED) is 0.666. The van der Waals surface area contributed by atoms with Crippen LogP contribution in [0.1, 0.15) is 18.9 Å². The fourth-order valence-corrected chi connectivity index (χ4v) is 1.58. The first-order valence-corrected chi connectivity index (χ1v) is 5.61. The van der Waals surface area contributed by atoms with E-state index in [9.17, 15) is 0 Å². The SMILES string of the molecule is CCCc1cccc(OC)c1OCCOC. The van der Waals surface area contributed by atoms with Gasteiger partial charge in [-0.1, -0.05) is 25.5 Å². The number of ether oxygens (including phenoxy) is 3. The molecule has 0 N–H and O–H groups in total. The molecule has 0 aliphatic heterocycles. The number of hydrogen-bond acceptors (Lipinski definition) is 3. The summed E-state index contributed by atoms with van der Waals surface area (Å²) < 4.78 is 16.0. The van der Waals surface area contributed by atoms with Crippen LogP contribution in [0, 0.1) is 0 Å². The average molecular weight is 224 g/mol. The van der Waals surface area contributed by atoms with Gasteiger partial charge in [0, 0.05) is 7.11 Å². The average Bonchev–Trinajstić information content (AvgIpc) is 2.31. The molecule has 3 nitrogen and oxygen atoms in total. The van der Waals surface area contributed by atoms with Crippen molar-refractivity contribution in [2.45, 2.75) is 19.8 Å². The fourth-order valence-electron chi connectivity index (χ4n) is 1.58. The molecule has 3 heteroatoms. The van der Waals surface area contributed by atoms with E-state index in [0.717, 1.165) is 24.3 Å². The lowest BCUT2D eigenvalue weighted by atomic mass is 10.1. The highest BCUT2D eigenvalue weighted by molar-refractivity contribution is 5.46. The third-order valence-corrected chi connectivity index (χ3v) is 2.33. The zero-order valence-electron chi connectivity index (χ0n) is 10.3. The monoisotopic (exact) mass is 224 g/mol. The van der Waals surface area contributed by atoms with Crippen molar-refractivity contribution in [2.24, 2.45) is 0 Å². The maximum absolute atomic E-state index is 5.70. The molecule has 0 heterocycles. The molecule has 0 amide bonds. The van der Waals surface area contributed by atoms with Gasteiger partial charge in [0.25, 0.3) is 0 Å². The molecular formula is C13H20O3. The molecule has 0 aromatic heterocycles. The molecule has 0 aliphatic rings. The highest BCUT2D eigenvalue weighted by Gasteiger charge is 2.09. The van der Waals surface area contributed by atoms with Crippen LogP contribution in [0.25, 0.3) is 0 Å². The van der Waals surface area contributed by atoms with Crippen molar-refractivity contribution in [1.29, 1.82) is 0 Å². The van der Waals surface area contributed by atoms with E-state index < -0.39 is 0 Å². The minimum atomic E-state index is 0.549. The molecule has 0 spiro atoms. The molecule has 90 valence electrons. The number of methoxy groups -OCH3 is 2. The Balaban J connectivity index is 2.81. The van der Waals surface area contributed by atoms with Crippen molar-refractivity contribution < 1.29 is 14.2 Å². The van der Waals surface area contributed by atoms with Gasteiger partial charge in [-0.3, -0.25) is 0 Å². The Labute approximate surface area is 97.3 Å². The zero-order chi connectivity index (χ0) is 11.8. The van der Waals surface area contributed by atoms with Crippen LogP contribution in [0.2, 0.25) is 0 Å². The van der Waals surface area contributed by atoms with Crippen LogP contribution in [-0.4, -0.2) is 27.4 Å². The van der Waals surface area contributed by atoms with Crippen molar-refractivity contribution in [3.05, 3.63) is 23.8 Å². The van der Waals surface area contributed by atoms with Crippen LogP contribution >= 0.6 is 0 Å². The summed E-state index contributed by atoms with van der Waals surface area (Å²) in [4.78, 5) is 0. The topological polar surface area (TPSA) is 27.7 Å². The van der Waals surface area contributed by atoms with Crippen LogP contribution in [0.3, 0.4) is 0 Å². The van der Waals surface area contributed by atoms with E-state index in [4.69, 9.17) is 14.2 Å².